The second-order valence-electron chi connectivity index (χ2n) is 4.59. The van der Waals surface area contributed by atoms with Crippen LogP contribution >= 0.6 is 23.2 Å². The van der Waals surface area contributed by atoms with Crippen molar-refractivity contribution in [2.45, 2.75) is 0 Å². The van der Waals surface area contributed by atoms with Gasteiger partial charge in [0.2, 0.25) is 0 Å². The van der Waals surface area contributed by atoms with Crippen LogP contribution in [0.2, 0.25) is 10.0 Å². The third kappa shape index (κ3) is 3.96. The number of phenolic OH excluding ortho intramolecular Hbond substituents is 1. The van der Waals surface area contributed by atoms with Crippen molar-refractivity contribution in [2.75, 3.05) is 5.43 Å². The van der Waals surface area contributed by atoms with Crippen LogP contribution in [0.1, 0.15) is 16.7 Å². The summed E-state index contributed by atoms with van der Waals surface area (Å²) in [5, 5.41) is 42.9. The smallest absolute Gasteiger partial charge is 0.295 e. The summed E-state index contributed by atoms with van der Waals surface area (Å²) in [6.45, 7) is 0. The molecule has 2 aromatic rings. The molecule has 2 N–H and O–H groups in total. The lowest BCUT2D eigenvalue weighted by molar-refractivity contribution is -0.384. The Morgan fingerprint density at radius 1 is 1.20 bits per heavy atom. The van der Waals surface area contributed by atoms with Gasteiger partial charge in [-0.05, 0) is 18.2 Å². The maximum Gasteiger partial charge on any atom is 0.295 e. The van der Waals surface area contributed by atoms with Crippen LogP contribution in [0, 0.1) is 32.8 Å². The van der Waals surface area contributed by atoms with Crippen LogP contribution < -0.4 is 5.43 Å². The summed E-state index contributed by atoms with van der Waals surface area (Å²) in [7, 11) is 0. The first-order valence-electron chi connectivity index (χ1n) is 6.47. The minimum atomic E-state index is -0.715. The molecule has 0 aliphatic rings. The summed E-state index contributed by atoms with van der Waals surface area (Å²) < 4.78 is 0. The van der Waals surface area contributed by atoms with E-state index in [4.69, 9.17) is 33.7 Å². The van der Waals surface area contributed by atoms with E-state index in [1.807, 2.05) is 0 Å². The van der Waals surface area contributed by atoms with Gasteiger partial charge in [0.25, 0.3) is 5.69 Å². The van der Waals surface area contributed by atoms with E-state index in [9.17, 15) is 15.2 Å². The van der Waals surface area contributed by atoms with Crippen molar-refractivity contribution >= 4 is 40.8 Å². The number of nitriles is 2. The second kappa shape index (κ2) is 7.49. The third-order valence-corrected chi connectivity index (χ3v) is 3.53. The van der Waals surface area contributed by atoms with E-state index < -0.39 is 10.6 Å². The molecule has 2 rings (SSSR count). The molecule has 0 radical (unpaired) electrons. The summed E-state index contributed by atoms with van der Waals surface area (Å²) in [6.07, 6.45) is 1.15. The second-order valence-corrected chi connectivity index (χ2v) is 5.43. The number of nitro benzene ring substituents is 1. The summed E-state index contributed by atoms with van der Waals surface area (Å²) >= 11 is 11.6. The molecule has 0 aliphatic carbocycles. The topological polar surface area (TPSA) is 135 Å². The maximum absolute atomic E-state index is 11.1. The number of halogens is 2. The fraction of sp³-hybridized carbons (Fsp3) is 0. The lowest BCUT2D eigenvalue weighted by Gasteiger charge is -2.05. The van der Waals surface area contributed by atoms with Gasteiger partial charge in [-0.15, -0.1) is 0 Å². The lowest BCUT2D eigenvalue weighted by Crippen LogP contribution is -1.99. The minimum absolute atomic E-state index is 0.0186. The minimum Gasteiger partial charge on any atom is -0.506 e. The van der Waals surface area contributed by atoms with E-state index in [2.05, 4.69) is 10.5 Å². The van der Waals surface area contributed by atoms with Crippen molar-refractivity contribution in [3.05, 3.63) is 61.1 Å². The number of nitrogens with zero attached hydrogens (tertiary/aromatic N) is 4. The van der Waals surface area contributed by atoms with Crippen LogP contribution in [0.15, 0.2) is 29.4 Å². The van der Waals surface area contributed by atoms with E-state index in [0.29, 0.717) is 0 Å². The molecule has 0 bridgehead atoms. The van der Waals surface area contributed by atoms with Crippen molar-refractivity contribution in [3.8, 4) is 17.9 Å². The number of nitrogens with one attached hydrogen (secondary N) is 1. The molecule has 0 heterocycles. The molecule has 10 heteroatoms. The van der Waals surface area contributed by atoms with Crippen LogP contribution in [0.5, 0.6) is 5.75 Å². The van der Waals surface area contributed by atoms with Gasteiger partial charge in [0.1, 0.15) is 23.6 Å². The molecule has 0 unspecified atom stereocenters. The zero-order valence-corrected chi connectivity index (χ0v) is 13.7. The number of phenols is 1. The molecule has 0 fully saturated rings. The quantitative estimate of drug-likeness (QED) is 0.473. The number of hydrazone groups is 1. The molecule has 0 spiro atoms. The van der Waals surface area contributed by atoms with Gasteiger partial charge in [0.15, 0.2) is 0 Å². The van der Waals surface area contributed by atoms with E-state index in [-0.39, 0.29) is 38.2 Å². The molecule has 0 amide bonds. The van der Waals surface area contributed by atoms with Crippen molar-refractivity contribution < 1.29 is 10.0 Å². The fourth-order valence-electron chi connectivity index (χ4n) is 1.87. The number of hydrogen-bond acceptors (Lipinski definition) is 7. The highest BCUT2D eigenvalue weighted by atomic mass is 35.5. The Kier molecular flexibility index (Phi) is 5.40. The van der Waals surface area contributed by atoms with Crippen molar-refractivity contribution in [2.24, 2.45) is 5.10 Å². The molecule has 8 nitrogen and oxygen atoms in total. The monoisotopic (exact) mass is 375 g/mol. The molecule has 25 heavy (non-hydrogen) atoms. The van der Waals surface area contributed by atoms with Gasteiger partial charge in [-0.25, -0.2) is 0 Å². The van der Waals surface area contributed by atoms with Crippen LogP contribution in [0.25, 0.3) is 0 Å². The Balaban J connectivity index is 2.40. The van der Waals surface area contributed by atoms with E-state index in [1.165, 1.54) is 12.1 Å². The van der Waals surface area contributed by atoms with Gasteiger partial charge in [-0.1, -0.05) is 23.2 Å². The van der Waals surface area contributed by atoms with Gasteiger partial charge in [-0.3, -0.25) is 15.5 Å². The molecule has 2 aromatic carbocycles. The maximum atomic E-state index is 11.1. The summed E-state index contributed by atoms with van der Waals surface area (Å²) in [5.41, 5.74) is 1.90. The normalized spacial score (nSPS) is 10.2. The van der Waals surface area contributed by atoms with E-state index in [0.717, 1.165) is 18.3 Å². The molecule has 0 aliphatic heterocycles. The Hall–Kier alpha value is -3.33. The van der Waals surface area contributed by atoms with E-state index >= 15 is 0 Å². The average molecular weight is 376 g/mol. The van der Waals surface area contributed by atoms with E-state index in [1.54, 1.807) is 12.1 Å². The number of aromatic hydroxyl groups is 1. The molecule has 0 aromatic heterocycles. The Morgan fingerprint density at radius 3 is 2.44 bits per heavy atom. The number of hydrogen-bond donors (Lipinski definition) is 2. The van der Waals surface area contributed by atoms with Crippen LogP contribution in [0.4, 0.5) is 11.4 Å². The van der Waals surface area contributed by atoms with Crippen LogP contribution in [0.3, 0.4) is 0 Å². The predicted octanol–water partition coefficient (Wildman–Crippen LogP) is 3.80. The van der Waals surface area contributed by atoms with Crippen LogP contribution in [-0.2, 0) is 0 Å². The Labute approximate surface area is 151 Å². The third-order valence-electron chi connectivity index (χ3n) is 3.02. The SMILES string of the molecule is N#Cc1cc(NN=Cc2cc(Cl)cc(Cl)c2O)c([N+](=O)[O-])cc1C#N. The van der Waals surface area contributed by atoms with Gasteiger partial charge >= 0.3 is 0 Å². The number of benzene rings is 2. The lowest BCUT2D eigenvalue weighted by atomic mass is 10.1. The highest BCUT2D eigenvalue weighted by Gasteiger charge is 2.18. The first-order chi connectivity index (χ1) is 11.9. The van der Waals surface area contributed by atoms with Gasteiger partial charge < -0.3 is 5.11 Å². The molecule has 0 saturated carbocycles. The molecular weight excluding hydrogens is 369 g/mol. The Morgan fingerprint density at radius 2 is 1.84 bits per heavy atom. The van der Waals surface area contributed by atoms with Crippen LogP contribution in [-0.4, -0.2) is 16.2 Å². The molecule has 0 saturated heterocycles. The molecule has 0 atom stereocenters. The zero-order valence-electron chi connectivity index (χ0n) is 12.2. The molecular formula is C15H7Cl2N5O3. The van der Waals surface area contributed by atoms with Crippen molar-refractivity contribution in [1.82, 2.24) is 0 Å². The van der Waals surface area contributed by atoms with Crippen molar-refractivity contribution in [3.63, 3.8) is 0 Å². The number of rotatable bonds is 4. The van der Waals surface area contributed by atoms with Gasteiger partial charge in [0, 0.05) is 16.7 Å². The fourth-order valence-corrected chi connectivity index (χ4v) is 2.38. The average Bonchev–Trinajstić information content (AvgIpc) is 2.58. The van der Waals surface area contributed by atoms with Crippen molar-refractivity contribution in [1.29, 1.82) is 10.5 Å². The zero-order chi connectivity index (χ0) is 18.6. The highest BCUT2D eigenvalue weighted by molar-refractivity contribution is 6.36. The summed E-state index contributed by atoms with van der Waals surface area (Å²) in [5.74, 6) is -0.261. The first-order valence-corrected chi connectivity index (χ1v) is 7.22. The molecule has 124 valence electrons. The highest BCUT2D eigenvalue weighted by Crippen LogP contribution is 2.31. The standard InChI is InChI=1S/C15H7Cl2N5O3/c16-11-1-10(15(23)12(17)4-11)7-20-21-13-2-8(5-18)9(6-19)3-14(13)22(24)25/h1-4,7,21,23H. The first kappa shape index (κ1) is 18.0. The summed E-state index contributed by atoms with van der Waals surface area (Å²) in [6, 6.07) is 8.33. The predicted molar refractivity (Wildman–Crippen MR) is 91.9 cm³/mol. The van der Waals surface area contributed by atoms with Gasteiger partial charge in [0.05, 0.1) is 27.3 Å². The summed E-state index contributed by atoms with van der Waals surface area (Å²) in [4.78, 5) is 10.4. The number of anilines is 1. The Bertz CT molecular complexity index is 977. The van der Waals surface area contributed by atoms with Gasteiger partial charge in [-0.2, -0.15) is 15.6 Å². The number of nitro groups is 1. The largest absolute Gasteiger partial charge is 0.506 e.